The van der Waals surface area contributed by atoms with Gasteiger partial charge in [0.1, 0.15) is 0 Å². The van der Waals surface area contributed by atoms with Crippen LogP contribution in [-0.2, 0) is 4.79 Å². The van der Waals surface area contributed by atoms with E-state index in [9.17, 15) is 4.79 Å². The van der Waals surface area contributed by atoms with Gasteiger partial charge in [0.05, 0.1) is 0 Å². The van der Waals surface area contributed by atoms with E-state index in [1.807, 2.05) is 13.8 Å². The Bertz CT molecular complexity index is 159. The van der Waals surface area contributed by atoms with Crippen LogP contribution in [0.5, 0.6) is 0 Å². The molecule has 0 bridgehead atoms. The van der Waals surface area contributed by atoms with Gasteiger partial charge in [-0.1, -0.05) is 0 Å². The predicted octanol–water partition coefficient (Wildman–Crippen LogP) is -0.280. The van der Waals surface area contributed by atoms with E-state index in [0.717, 1.165) is 11.2 Å². The van der Waals surface area contributed by atoms with E-state index in [-0.39, 0.29) is 5.91 Å². The molecule has 0 aliphatic heterocycles. The van der Waals surface area contributed by atoms with Crippen LogP contribution in [0, 0.1) is 0 Å². The van der Waals surface area contributed by atoms with Crippen molar-refractivity contribution in [3.63, 3.8) is 0 Å². The number of carbonyl (C=O) groups is 1. The van der Waals surface area contributed by atoms with Crippen molar-refractivity contribution in [2.24, 2.45) is 0 Å². The minimum atomic E-state index is 0.0576. The summed E-state index contributed by atoms with van der Waals surface area (Å²) in [5.41, 5.74) is 0. The van der Waals surface area contributed by atoms with Gasteiger partial charge in [0, 0.05) is 0 Å². The molecule has 11 heavy (non-hydrogen) atoms. The molecule has 0 aromatic heterocycles. The van der Waals surface area contributed by atoms with Crippen LogP contribution in [-0.4, -0.2) is 44.1 Å². The standard InChI is InChI=1S/C7H14N2OSe/c1-4-8-7(11)9(5-2)6(3)10/h4-5H2,1-3H3,(H,8,11). The third kappa shape index (κ3) is 3.54. The maximum absolute atomic E-state index is 10.9. The number of hydrogen-bond donors (Lipinski definition) is 1. The molecule has 1 N–H and O–H groups in total. The number of amides is 1. The molecule has 1 amide bonds. The Morgan fingerprint density at radius 3 is 2.36 bits per heavy atom. The Morgan fingerprint density at radius 2 is 2.09 bits per heavy atom. The average molecular weight is 221 g/mol. The molecule has 0 radical (unpaired) electrons. The first-order valence-corrected chi connectivity index (χ1v) is 4.55. The molecule has 0 rings (SSSR count). The van der Waals surface area contributed by atoms with Crippen LogP contribution in [0.2, 0.25) is 0 Å². The van der Waals surface area contributed by atoms with Gasteiger partial charge in [-0.3, -0.25) is 0 Å². The molecule has 0 aliphatic rings. The van der Waals surface area contributed by atoms with Crippen molar-refractivity contribution in [3.05, 3.63) is 0 Å². The third-order valence-electron chi connectivity index (χ3n) is 1.27. The molecule has 0 unspecified atom stereocenters. The first kappa shape index (κ1) is 10.7. The van der Waals surface area contributed by atoms with Crippen LogP contribution in [0.3, 0.4) is 0 Å². The first-order valence-electron chi connectivity index (χ1n) is 3.69. The summed E-state index contributed by atoms with van der Waals surface area (Å²) < 4.78 is 0.808. The molecule has 0 fully saturated rings. The fraction of sp³-hybridized carbons (Fsp3) is 0.714. The molecule has 64 valence electrons. The van der Waals surface area contributed by atoms with Gasteiger partial charge in [-0.15, -0.1) is 0 Å². The van der Waals surface area contributed by atoms with Gasteiger partial charge in [-0.2, -0.15) is 0 Å². The molecule has 3 nitrogen and oxygen atoms in total. The predicted molar refractivity (Wildman–Crippen MR) is 47.5 cm³/mol. The zero-order valence-corrected chi connectivity index (χ0v) is 8.89. The molecule has 0 heterocycles. The molecule has 0 atom stereocenters. The van der Waals surface area contributed by atoms with Crippen LogP contribution in [0.1, 0.15) is 20.8 Å². The van der Waals surface area contributed by atoms with Crippen molar-refractivity contribution < 1.29 is 4.79 Å². The van der Waals surface area contributed by atoms with E-state index in [4.69, 9.17) is 0 Å². The van der Waals surface area contributed by atoms with Crippen LogP contribution in [0.25, 0.3) is 0 Å². The summed E-state index contributed by atoms with van der Waals surface area (Å²) in [5.74, 6) is 0.0576. The maximum atomic E-state index is 10.9. The SMILES string of the molecule is CCNC(=[Se])N(CC)C(C)=O. The number of hydrogen-bond acceptors (Lipinski definition) is 2. The Hall–Kier alpha value is -0.341. The minimum absolute atomic E-state index is 0.0576. The van der Waals surface area contributed by atoms with Gasteiger partial charge >= 0.3 is 75.0 Å². The van der Waals surface area contributed by atoms with Crippen LogP contribution >= 0.6 is 0 Å². The normalized spacial score (nSPS) is 9.00. The second-order valence-electron chi connectivity index (χ2n) is 2.10. The second-order valence-corrected chi connectivity index (χ2v) is 2.91. The zero-order chi connectivity index (χ0) is 8.85. The fourth-order valence-electron chi connectivity index (χ4n) is 0.756. The number of nitrogens with zero attached hydrogens (tertiary/aromatic N) is 1. The van der Waals surface area contributed by atoms with Crippen molar-refractivity contribution in [1.29, 1.82) is 0 Å². The van der Waals surface area contributed by atoms with E-state index in [0.29, 0.717) is 6.54 Å². The van der Waals surface area contributed by atoms with E-state index < -0.39 is 0 Å². The zero-order valence-electron chi connectivity index (χ0n) is 7.18. The molecular formula is C7H14N2OSe. The van der Waals surface area contributed by atoms with Gasteiger partial charge in [-0.05, 0) is 0 Å². The quantitative estimate of drug-likeness (QED) is 0.662. The number of carbonyl (C=O) groups excluding carboxylic acids is 1. The Kier molecular flexibility index (Phi) is 5.16. The van der Waals surface area contributed by atoms with Crippen LogP contribution in [0.4, 0.5) is 0 Å². The third-order valence-corrected chi connectivity index (χ3v) is 2.03. The van der Waals surface area contributed by atoms with Gasteiger partial charge in [0.25, 0.3) is 0 Å². The van der Waals surface area contributed by atoms with Crippen LogP contribution < -0.4 is 5.32 Å². The molecule has 0 saturated carbocycles. The second kappa shape index (κ2) is 5.33. The van der Waals surface area contributed by atoms with Crippen molar-refractivity contribution >= 4 is 26.1 Å². The van der Waals surface area contributed by atoms with Gasteiger partial charge < -0.3 is 0 Å². The molecule has 0 aromatic carbocycles. The summed E-state index contributed by atoms with van der Waals surface area (Å²) in [7, 11) is 0. The van der Waals surface area contributed by atoms with Crippen molar-refractivity contribution in [3.8, 4) is 0 Å². The molecular weight excluding hydrogens is 207 g/mol. The van der Waals surface area contributed by atoms with Gasteiger partial charge in [-0.25, -0.2) is 0 Å². The van der Waals surface area contributed by atoms with Gasteiger partial charge in [0.15, 0.2) is 0 Å². The van der Waals surface area contributed by atoms with E-state index >= 15 is 0 Å². The summed E-state index contributed by atoms with van der Waals surface area (Å²) >= 11 is 2.82. The summed E-state index contributed by atoms with van der Waals surface area (Å²) in [6.45, 7) is 7.01. The van der Waals surface area contributed by atoms with E-state index in [2.05, 4.69) is 20.9 Å². The topological polar surface area (TPSA) is 32.3 Å². The van der Waals surface area contributed by atoms with Crippen molar-refractivity contribution in [2.75, 3.05) is 13.1 Å². The molecule has 0 aliphatic carbocycles. The fourth-order valence-corrected chi connectivity index (χ4v) is 1.60. The first-order chi connectivity index (χ1) is 5.13. The monoisotopic (exact) mass is 222 g/mol. The number of nitrogens with one attached hydrogen (secondary N) is 1. The number of rotatable bonds is 4. The molecule has 0 saturated heterocycles. The Labute approximate surface area is 75.5 Å². The molecule has 0 spiro atoms. The van der Waals surface area contributed by atoms with E-state index in [1.54, 1.807) is 11.8 Å². The average Bonchev–Trinajstić information content (AvgIpc) is 1.88. The van der Waals surface area contributed by atoms with Crippen molar-refractivity contribution in [2.45, 2.75) is 20.8 Å². The summed E-state index contributed by atoms with van der Waals surface area (Å²) in [5, 5.41) is 3.04. The Morgan fingerprint density at radius 1 is 1.55 bits per heavy atom. The Balaban J connectivity index is 4.03. The summed E-state index contributed by atoms with van der Waals surface area (Å²) in [4.78, 5) is 12.6. The van der Waals surface area contributed by atoms with Crippen LogP contribution in [0.15, 0.2) is 0 Å². The summed E-state index contributed by atoms with van der Waals surface area (Å²) in [6, 6.07) is 0. The van der Waals surface area contributed by atoms with Crippen molar-refractivity contribution in [1.82, 2.24) is 10.2 Å². The van der Waals surface area contributed by atoms with Gasteiger partial charge in [0.2, 0.25) is 0 Å². The molecule has 4 heteroatoms. The molecule has 0 aromatic rings. The van der Waals surface area contributed by atoms with E-state index in [1.165, 1.54) is 0 Å². The summed E-state index contributed by atoms with van der Waals surface area (Å²) in [6.07, 6.45) is 0.